The molecule has 0 N–H and O–H groups in total. The van der Waals surface area contributed by atoms with Crippen molar-refractivity contribution in [2.75, 3.05) is 38.1 Å². The van der Waals surface area contributed by atoms with Crippen molar-refractivity contribution in [3.05, 3.63) is 29.8 Å². The molecule has 2 amide bonds. The quantitative estimate of drug-likeness (QED) is 0.822. The topological polar surface area (TPSA) is 43.9 Å². The van der Waals surface area contributed by atoms with Crippen LogP contribution in [0.3, 0.4) is 0 Å². The summed E-state index contributed by atoms with van der Waals surface area (Å²) in [6, 6.07) is 7.49. The van der Waals surface area contributed by atoms with E-state index in [4.69, 9.17) is 0 Å². The average molecular weight is 301 g/mol. The normalized spacial score (nSPS) is 21.8. The summed E-state index contributed by atoms with van der Waals surface area (Å²) in [7, 11) is 2.07. The van der Waals surface area contributed by atoms with Crippen LogP contribution in [0.15, 0.2) is 24.3 Å². The number of likely N-dealkylation sites (N-methyl/N-ethyl adjacent to an activating group) is 1. The number of rotatable bonds is 2. The van der Waals surface area contributed by atoms with Crippen LogP contribution in [0.25, 0.3) is 0 Å². The zero-order valence-corrected chi connectivity index (χ0v) is 13.3. The molecule has 118 valence electrons. The lowest BCUT2D eigenvalue weighted by atomic mass is 10.1. The van der Waals surface area contributed by atoms with Gasteiger partial charge < -0.3 is 9.80 Å². The third-order valence-electron chi connectivity index (χ3n) is 4.65. The first kappa shape index (κ1) is 15.0. The molecule has 2 aliphatic heterocycles. The van der Waals surface area contributed by atoms with Gasteiger partial charge in [0.25, 0.3) is 0 Å². The molecule has 1 aromatic rings. The molecule has 5 nitrogen and oxygen atoms in total. The fourth-order valence-electron chi connectivity index (χ4n) is 3.30. The van der Waals surface area contributed by atoms with E-state index in [0.717, 1.165) is 37.4 Å². The van der Waals surface area contributed by atoms with Crippen LogP contribution in [0.4, 0.5) is 5.69 Å². The highest BCUT2D eigenvalue weighted by atomic mass is 16.2. The summed E-state index contributed by atoms with van der Waals surface area (Å²) in [5.74, 6) is 0.114. The van der Waals surface area contributed by atoms with Crippen LogP contribution in [0.5, 0.6) is 0 Å². The van der Waals surface area contributed by atoms with Crippen LogP contribution in [0.1, 0.15) is 18.9 Å². The molecule has 1 aromatic carbocycles. The van der Waals surface area contributed by atoms with Crippen LogP contribution < -0.4 is 4.90 Å². The molecular formula is C17H23N3O2. The van der Waals surface area contributed by atoms with Crippen LogP contribution in [0, 0.1) is 0 Å². The Morgan fingerprint density at radius 2 is 1.82 bits per heavy atom. The summed E-state index contributed by atoms with van der Waals surface area (Å²) >= 11 is 0. The number of hydrogen-bond donors (Lipinski definition) is 0. The van der Waals surface area contributed by atoms with Crippen molar-refractivity contribution < 1.29 is 9.59 Å². The van der Waals surface area contributed by atoms with Gasteiger partial charge in [0.1, 0.15) is 6.04 Å². The van der Waals surface area contributed by atoms with Crippen molar-refractivity contribution in [2.45, 2.75) is 25.8 Å². The van der Waals surface area contributed by atoms with Crippen molar-refractivity contribution in [2.24, 2.45) is 0 Å². The van der Waals surface area contributed by atoms with Gasteiger partial charge in [-0.25, -0.2) is 0 Å². The second-order valence-corrected chi connectivity index (χ2v) is 6.09. The lowest BCUT2D eigenvalue weighted by Gasteiger charge is -2.36. The van der Waals surface area contributed by atoms with Gasteiger partial charge in [-0.1, -0.05) is 25.1 Å². The third kappa shape index (κ3) is 2.61. The first-order valence-electron chi connectivity index (χ1n) is 7.99. The zero-order valence-electron chi connectivity index (χ0n) is 13.3. The predicted molar refractivity (Wildman–Crippen MR) is 85.8 cm³/mol. The number of benzene rings is 1. The van der Waals surface area contributed by atoms with Gasteiger partial charge in [0.2, 0.25) is 11.8 Å². The molecule has 1 atom stereocenters. The maximum absolute atomic E-state index is 12.9. The van der Waals surface area contributed by atoms with Gasteiger partial charge in [-0.15, -0.1) is 0 Å². The van der Waals surface area contributed by atoms with Crippen molar-refractivity contribution in [1.29, 1.82) is 0 Å². The van der Waals surface area contributed by atoms with E-state index in [2.05, 4.69) is 11.9 Å². The molecular weight excluding hydrogens is 278 g/mol. The second kappa shape index (κ2) is 6.08. The molecule has 22 heavy (non-hydrogen) atoms. The predicted octanol–water partition coefficient (Wildman–Crippen LogP) is 1.13. The molecule has 0 spiro atoms. The summed E-state index contributed by atoms with van der Waals surface area (Å²) in [5, 5.41) is 0. The van der Waals surface area contributed by atoms with Gasteiger partial charge >= 0.3 is 0 Å². The van der Waals surface area contributed by atoms with Gasteiger partial charge in [-0.05, 0) is 18.7 Å². The van der Waals surface area contributed by atoms with Gasteiger partial charge in [0.15, 0.2) is 0 Å². The summed E-state index contributed by atoms with van der Waals surface area (Å²) in [6.45, 7) is 5.13. The maximum atomic E-state index is 12.9. The van der Waals surface area contributed by atoms with E-state index >= 15 is 0 Å². The number of amides is 2. The molecule has 3 rings (SSSR count). The van der Waals surface area contributed by atoms with E-state index in [1.54, 1.807) is 4.90 Å². The largest absolute Gasteiger partial charge is 0.338 e. The number of fused-ring (bicyclic) bond motifs is 1. The minimum absolute atomic E-state index is 0.0254. The Morgan fingerprint density at radius 1 is 1.14 bits per heavy atom. The Bertz CT molecular complexity index is 579. The third-order valence-corrected chi connectivity index (χ3v) is 4.65. The van der Waals surface area contributed by atoms with Gasteiger partial charge in [0.05, 0.1) is 0 Å². The van der Waals surface area contributed by atoms with Gasteiger partial charge in [0, 0.05) is 44.7 Å². The fraction of sp³-hybridized carbons (Fsp3) is 0.529. The highest BCUT2D eigenvalue weighted by Crippen LogP contribution is 2.33. The van der Waals surface area contributed by atoms with Crippen molar-refractivity contribution >= 4 is 17.5 Å². The van der Waals surface area contributed by atoms with E-state index in [1.807, 2.05) is 36.1 Å². The zero-order chi connectivity index (χ0) is 15.7. The van der Waals surface area contributed by atoms with Crippen molar-refractivity contribution in [1.82, 2.24) is 9.80 Å². The Morgan fingerprint density at radius 3 is 2.50 bits per heavy atom. The van der Waals surface area contributed by atoms with Crippen molar-refractivity contribution in [3.63, 3.8) is 0 Å². The van der Waals surface area contributed by atoms with E-state index in [9.17, 15) is 9.59 Å². The first-order chi connectivity index (χ1) is 10.6. The standard InChI is InChI=1S/C17H23N3O2/c1-3-16(21)20-14-7-5-4-6-13(14)12-15(20)17(22)19-10-8-18(2)9-11-19/h4-7,15H,3,8-12H2,1-2H3/t15-/m1/s1. The molecule has 1 fully saturated rings. The monoisotopic (exact) mass is 301 g/mol. The second-order valence-electron chi connectivity index (χ2n) is 6.09. The number of para-hydroxylation sites is 1. The number of hydrogen-bond acceptors (Lipinski definition) is 3. The molecule has 0 aromatic heterocycles. The molecule has 0 aliphatic carbocycles. The molecule has 5 heteroatoms. The Labute approximate surface area is 131 Å². The number of carbonyl (C=O) groups is 2. The smallest absolute Gasteiger partial charge is 0.246 e. The van der Waals surface area contributed by atoms with Crippen LogP contribution in [-0.4, -0.2) is 60.9 Å². The van der Waals surface area contributed by atoms with E-state index in [1.165, 1.54) is 0 Å². The first-order valence-corrected chi connectivity index (χ1v) is 7.99. The molecule has 2 heterocycles. The fourth-order valence-corrected chi connectivity index (χ4v) is 3.30. The minimum Gasteiger partial charge on any atom is -0.338 e. The Balaban J connectivity index is 1.83. The highest BCUT2D eigenvalue weighted by molar-refractivity contribution is 6.03. The molecule has 0 bridgehead atoms. The summed E-state index contributed by atoms with van der Waals surface area (Å²) in [6.07, 6.45) is 1.05. The number of carbonyl (C=O) groups excluding carboxylic acids is 2. The summed E-state index contributed by atoms with van der Waals surface area (Å²) < 4.78 is 0. The number of anilines is 1. The van der Waals surface area contributed by atoms with Gasteiger partial charge in [-0.3, -0.25) is 14.5 Å². The summed E-state index contributed by atoms with van der Waals surface area (Å²) in [5.41, 5.74) is 2.00. The van der Waals surface area contributed by atoms with Crippen LogP contribution in [0.2, 0.25) is 0 Å². The SMILES string of the molecule is CCC(=O)N1c2ccccc2C[C@@H]1C(=O)N1CCN(C)CC1. The lowest BCUT2D eigenvalue weighted by molar-refractivity contribution is -0.135. The van der Waals surface area contributed by atoms with Crippen molar-refractivity contribution in [3.8, 4) is 0 Å². The van der Waals surface area contributed by atoms with Gasteiger partial charge in [-0.2, -0.15) is 0 Å². The lowest BCUT2D eigenvalue weighted by Crippen LogP contribution is -2.54. The highest BCUT2D eigenvalue weighted by Gasteiger charge is 2.39. The van der Waals surface area contributed by atoms with E-state index in [-0.39, 0.29) is 17.9 Å². The Hall–Kier alpha value is -1.88. The number of piperazine rings is 1. The summed E-state index contributed by atoms with van der Waals surface area (Å²) in [4.78, 5) is 31.1. The molecule has 0 saturated carbocycles. The maximum Gasteiger partial charge on any atom is 0.246 e. The van der Waals surface area contributed by atoms with Crippen LogP contribution >= 0.6 is 0 Å². The molecule has 2 aliphatic rings. The number of nitrogens with zero attached hydrogens (tertiary/aromatic N) is 3. The molecule has 1 saturated heterocycles. The average Bonchev–Trinajstić information content (AvgIpc) is 2.93. The van der Waals surface area contributed by atoms with E-state index < -0.39 is 0 Å². The molecule has 0 unspecified atom stereocenters. The minimum atomic E-state index is -0.367. The molecule has 0 radical (unpaired) electrons. The van der Waals surface area contributed by atoms with E-state index in [0.29, 0.717) is 12.8 Å². The van der Waals surface area contributed by atoms with Crippen LogP contribution in [-0.2, 0) is 16.0 Å². The Kier molecular flexibility index (Phi) is 4.16.